The van der Waals surface area contributed by atoms with E-state index in [-0.39, 0.29) is 11.1 Å². The second-order valence-corrected chi connectivity index (χ2v) is 6.44. The quantitative estimate of drug-likeness (QED) is 0.888. The van der Waals surface area contributed by atoms with Gasteiger partial charge in [-0.3, -0.25) is 4.79 Å². The Labute approximate surface area is 150 Å². The van der Waals surface area contributed by atoms with Crippen LogP contribution in [-0.2, 0) is 7.05 Å². The van der Waals surface area contributed by atoms with Crippen LogP contribution in [0.3, 0.4) is 0 Å². The van der Waals surface area contributed by atoms with Gasteiger partial charge in [0.1, 0.15) is 11.3 Å². The van der Waals surface area contributed by atoms with Crippen molar-refractivity contribution in [1.29, 1.82) is 0 Å². The molecule has 26 heavy (non-hydrogen) atoms. The third-order valence-corrected chi connectivity index (χ3v) is 4.69. The minimum Gasteiger partial charge on any atom is -0.489 e. The summed E-state index contributed by atoms with van der Waals surface area (Å²) in [7, 11) is 3.64. The average Bonchev–Trinajstić information content (AvgIpc) is 2.59. The van der Waals surface area contributed by atoms with E-state index in [1.165, 1.54) is 10.8 Å². The minimum atomic E-state index is -1.34. The number of benzene rings is 1. The van der Waals surface area contributed by atoms with Crippen LogP contribution in [0.4, 0.5) is 10.1 Å². The highest BCUT2D eigenvalue weighted by Crippen LogP contribution is 2.38. The van der Waals surface area contributed by atoms with Crippen LogP contribution in [0.15, 0.2) is 17.1 Å². The molecule has 0 amide bonds. The highest BCUT2D eigenvalue weighted by molar-refractivity contribution is 5.96. The Bertz CT molecular complexity index is 917. The van der Waals surface area contributed by atoms with Gasteiger partial charge in [-0.05, 0) is 20.0 Å². The van der Waals surface area contributed by atoms with Crippen LogP contribution in [0.1, 0.15) is 17.3 Å². The lowest BCUT2D eigenvalue weighted by Crippen LogP contribution is -2.45. The third kappa shape index (κ3) is 3.01. The van der Waals surface area contributed by atoms with Crippen LogP contribution < -0.4 is 15.1 Å². The first-order valence-corrected chi connectivity index (χ1v) is 8.50. The van der Waals surface area contributed by atoms with Crippen LogP contribution in [0.2, 0.25) is 0 Å². The van der Waals surface area contributed by atoms with Gasteiger partial charge in [0.15, 0.2) is 11.6 Å². The summed E-state index contributed by atoms with van der Waals surface area (Å²) < 4.78 is 22.3. The molecule has 0 saturated carbocycles. The molecule has 1 fully saturated rings. The van der Waals surface area contributed by atoms with Crippen LogP contribution in [-0.4, -0.2) is 60.4 Å². The van der Waals surface area contributed by atoms with Gasteiger partial charge in [-0.1, -0.05) is 0 Å². The van der Waals surface area contributed by atoms with Gasteiger partial charge in [-0.15, -0.1) is 0 Å². The molecule has 0 unspecified atom stereocenters. The van der Waals surface area contributed by atoms with Crippen molar-refractivity contribution in [1.82, 2.24) is 9.47 Å². The van der Waals surface area contributed by atoms with Crippen molar-refractivity contribution in [3.63, 3.8) is 0 Å². The van der Waals surface area contributed by atoms with E-state index in [4.69, 9.17) is 4.74 Å². The molecule has 140 valence electrons. The number of carboxylic acid groups (broad SMARTS) is 1. The van der Waals surface area contributed by atoms with E-state index in [1.54, 1.807) is 14.0 Å². The van der Waals surface area contributed by atoms with Gasteiger partial charge >= 0.3 is 5.97 Å². The predicted molar refractivity (Wildman–Crippen MR) is 97.0 cm³/mol. The number of halogens is 1. The molecule has 1 saturated heterocycles. The average molecular weight is 363 g/mol. The number of rotatable bonds is 4. The first-order valence-electron chi connectivity index (χ1n) is 8.50. The molecule has 0 radical (unpaired) electrons. The summed E-state index contributed by atoms with van der Waals surface area (Å²) in [6, 6.07) is 1.13. The van der Waals surface area contributed by atoms with Gasteiger partial charge in [0, 0.05) is 39.4 Å². The second-order valence-electron chi connectivity index (χ2n) is 6.44. The fourth-order valence-electron chi connectivity index (χ4n) is 3.35. The van der Waals surface area contributed by atoms with E-state index in [0.717, 1.165) is 19.2 Å². The lowest BCUT2D eigenvalue weighted by molar-refractivity contribution is 0.0695. The first kappa shape index (κ1) is 18.2. The van der Waals surface area contributed by atoms with Crippen molar-refractivity contribution in [2.45, 2.75) is 6.92 Å². The number of hydrogen-bond acceptors (Lipinski definition) is 5. The smallest absolute Gasteiger partial charge is 0.341 e. The molecule has 0 spiro atoms. The molecular formula is C18H22FN3O4. The number of nitrogens with zero attached hydrogens (tertiary/aromatic N) is 3. The fourth-order valence-corrected chi connectivity index (χ4v) is 3.35. The van der Waals surface area contributed by atoms with E-state index in [9.17, 15) is 19.1 Å². The SMILES string of the molecule is CCOc1c(N2CCN(C)CC2)c(F)cc2c(=O)c(C(=O)O)cn(C)c12. The van der Waals surface area contributed by atoms with Crippen molar-refractivity contribution in [3.8, 4) is 5.75 Å². The Hall–Kier alpha value is -2.61. The van der Waals surface area contributed by atoms with Crippen molar-refractivity contribution >= 4 is 22.6 Å². The molecule has 0 aliphatic carbocycles. The fraction of sp³-hybridized carbons (Fsp3) is 0.444. The number of aromatic carboxylic acids is 1. The largest absolute Gasteiger partial charge is 0.489 e. The lowest BCUT2D eigenvalue weighted by Gasteiger charge is -2.35. The maximum atomic E-state index is 15.0. The monoisotopic (exact) mass is 363 g/mol. The minimum absolute atomic E-state index is 0.00577. The molecular weight excluding hydrogens is 341 g/mol. The summed E-state index contributed by atoms with van der Waals surface area (Å²) in [5, 5.41) is 9.23. The number of anilines is 1. The number of pyridine rings is 1. The number of carboxylic acids is 1. The standard InChI is InChI=1S/C18H22FN3O4/c1-4-26-17-14-11(16(23)12(18(24)25)10-21(14)3)9-13(19)15(17)22-7-5-20(2)6-8-22/h9-10H,4-8H2,1-3H3,(H,24,25). The van der Waals surface area contributed by atoms with Gasteiger partial charge < -0.3 is 24.2 Å². The second kappa shape index (κ2) is 6.95. The molecule has 3 rings (SSSR count). The van der Waals surface area contributed by atoms with Crippen molar-refractivity contribution in [2.75, 3.05) is 44.7 Å². The number of fused-ring (bicyclic) bond motifs is 1. The molecule has 0 bridgehead atoms. The van der Waals surface area contributed by atoms with E-state index in [2.05, 4.69) is 4.90 Å². The molecule has 0 atom stereocenters. The summed E-state index contributed by atoms with van der Waals surface area (Å²) >= 11 is 0. The Morgan fingerprint density at radius 2 is 1.92 bits per heavy atom. The Morgan fingerprint density at radius 1 is 1.27 bits per heavy atom. The Balaban J connectivity index is 2.30. The highest BCUT2D eigenvalue weighted by atomic mass is 19.1. The van der Waals surface area contributed by atoms with E-state index < -0.39 is 22.8 Å². The zero-order valence-corrected chi connectivity index (χ0v) is 15.1. The Kier molecular flexibility index (Phi) is 4.86. The van der Waals surface area contributed by atoms with Crippen LogP contribution in [0, 0.1) is 5.82 Å². The summed E-state index contributed by atoms with van der Waals surface area (Å²) in [5.74, 6) is -1.64. The Morgan fingerprint density at radius 3 is 2.50 bits per heavy atom. The first-order chi connectivity index (χ1) is 12.3. The van der Waals surface area contributed by atoms with E-state index in [0.29, 0.717) is 30.9 Å². The number of piperazine rings is 1. The van der Waals surface area contributed by atoms with Gasteiger partial charge in [-0.25, -0.2) is 9.18 Å². The van der Waals surface area contributed by atoms with Crippen LogP contribution in [0.25, 0.3) is 10.9 Å². The molecule has 8 heteroatoms. The van der Waals surface area contributed by atoms with Crippen LogP contribution in [0.5, 0.6) is 5.75 Å². The lowest BCUT2D eigenvalue weighted by atomic mass is 10.1. The van der Waals surface area contributed by atoms with Crippen molar-refractivity contribution in [3.05, 3.63) is 33.9 Å². The summed E-state index contributed by atoms with van der Waals surface area (Å²) in [4.78, 5) is 27.9. The maximum absolute atomic E-state index is 15.0. The molecule has 2 aromatic rings. The number of ether oxygens (including phenoxy) is 1. The summed E-state index contributed by atoms with van der Waals surface area (Å²) in [6.45, 7) is 4.95. The maximum Gasteiger partial charge on any atom is 0.341 e. The number of aromatic nitrogens is 1. The summed E-state index contributed by atoms with van der Waals surface area (Å²) in [5.41, 5.74) is -0.382. The number of carbonyl (C=O) groups is 1. The molecule has 2 heterocycles. The zero-order valence-electron chi connectivity index (χ0n) is 15.1. The highest BCUT2D eigenvalue weighted by Gasteiger charge is 2.26. The molecule has 1 aromatic carbocycles. The van der Waals surface area contributed by atoms with Gasteiger partial charge in [0.25, 0.3) is 0 Å². The van der Waals surface area contributed by atoms with E-state index >= 15 is 0 Å². The molecule has 1 aliphatic heterocycles. The van der Waals surface area contributed by atoms with Gasteiger partial charge in [0.2, 0.25) is 5.43 Å². The van der Waals surface area contributed by atoms with Gasteiger partial charge in [0.05, 0.1) is 17.5 Å². The van der Waals surface area contributed by atoms with Crippen molar-refractivity contribution in [2.24, 2.45) is 7.05 Å². The zero-order chi connectivity index (χ0) is 19.0. The van der Waals surface area contributed by atoms with Crippen LogP contribution >= 0.6 is 0 Å². The predicted octanol–water partition coefficient (Wildman–Crippen LogP) is 1.53. The number of aryl methyl sites for hydroxylation is 1. The molecule has 1 aromatic heterocycles. The normalized spacial score (nSPS) is 15.5. The third-order valence-electron chi connectivity index (χ3n) is 4.69. The van der Waals surface area contributed by atoms with Crippen molar-refractivity contribution < 1.29 is 19.0 Å². The number of hydrogen-bond donors (Lipinski definition) is 1. The topological polar surface area (TPSA) is 75.0 Å². The molecule has 1 N–H and O–H groups in total. The molecule has 1 aliphatic rings. The van der Waals surface area contributed by atoms with E-state index in [1.807, 2.05) is 11.9 Å². The van der Waals surface area contributed by atoms with Gasteiger partial charge in [-0.2, -0.15) is 0 Å². The molecule has 7 nitrogen and oxygen atoms in total. The summed E-state index contributed by atoms with van der Waals surface area (Å²) in [6.07, 6.45) is 1.25. The number of likely N-dealkylation sites (N-methyl/N-ethyl adjacent to an activating group) is 1.